The molecule has 0 spiro atoms. The topological polar surface area (TPSA) is 314 Å². The number of alkyl carbamates (subject to hydrolysis) is 1. The zero-order valence-corrected chi connectivity index (χ0v) is 85.8. The number of nitriles is 2. The van der Waals surface area contributed by atoms with E-state index in [1.165, 1.54) is 12.1 Å². The average Bonchev–Trinajstić information content (AvgIpc) is 1.58. The third-order valence-corrected chi connectivity index (χ3v) is 28.3. The van der Waals surface area contributed by atoms with E-state index in [4.69, 9.17) is 43.4 Å². The van der Waals surface area contributed by atoms with Crippen LogP contribution in [0.15, 0.2) is 193 Å². The normalized spacial score (nSPS) is 17.2. The fourth-order valence-corrected chi connectivity index (χ4v) is 20.5. The number of carbonyl (C=O) groups is 8. The molecule has 0 aliphatic carbocycles. The Labute approximate surface area is 852 Å². The average molecular weight is 2040 g/mol. The number of likely N-dealkylation sites (tertiary alicyclic amines) is 2. The molecule has 8 amide bonds. The monoisotopic (exact) mass is 2040 g/mol. The molecule has 6 atom stereocenters. The molecule has 8 aromatic carbocycles. The van der Waals surface area contributed by atoms with Crippen molar-refractivity contribution in [3.63, 3.8) is 0 Å². The van der Waals surface area contributed by atoms with Crippen molar-refractivity contribution in [3.05, 3.63) is 238 Å². The standard InChI is InChI=1S/2C54H58F3N7O6S2/c1-33-26-44(48(66)59-29-35-10-12-38(13-11-35)46-34(2)60-32-72-46)62(30-33)49(67)47(52(3,4)5)61-45(65)31-69-24-8-9-25-70-42-22-17-37(18-23-42)36-14-19-40(20-15-36)64-51(71)63(50(68)53(64,6)7)41-21-16-39(28-58)43(27-41)54(55,56)57;1-33-27-44(47(65)59-30-35-11-13-38(14-12-35)45-34(2)60-32-72-45)62(31-33)48(66)46(52(3,4)5)61-50(68)70-26-10-8-9-25-69-42-23-18-37(19-24-42)36-15-20-40(21-16-36)64-51(71)63(49(67)53(64,6)7)41-22-17-39(29-58)43(28-41)54(55,56)57/h10-23,27,32-33,44,47H,8-9,24-26,29-31H2,1-7H3,(H,59,66)(H,61,65);11-24,28,32-33,44,46H,8-10,25-27,30-31H2,1-7H3,(H,59,65)(H,61,68)/t33-,44+,47-;33-,44+,46-/m11/s1. The molecule has 4 aliphatic rings. The van der Waals surface area contributed by atoms with Crippen LogP contribution >= 0.6 is 47.1 Å². The van der Waals surface area contributed by atoms with Crippen LogP contribution in [0, 0.1) is 59.2 Å². The van der Waals surface area contributed by atoms with Crippen LogP contribution in [0.1, 0.15) is 173 Å². The number of halogens is 6. The molecule has 10 aromatic rings. The number of hydrogen-bond donors (Lipinski definition) is 4. The van der Waals surface area contributed by atoms with Gasteiger partial charge >= 0.3 is 18.4 Å². The summed E-state index contributed by atoms with van der Waals surface area (Å²) in [7, 11) is 0. The van der Waals surface area contributed by atoms with E-state index in [0.717, 1.165) is 106 Å². The van der Waals surface area contributed by atoms with Gasteiger partial charge in [0.1, 0.15) is 53.4 Å². The van der Waals surface area contributed by atoms with E-state index in [1.807, 2.05) is 202 Å². The zero-order chi connectivity index (χ0) is 104. The number of nitrogens with zero attached hydrogens (tertiary/aromatic N) is 10. The molecule has 0 bridgehead atoms. The van der Waals surface area contributed by atoms with Crippen LogP contribution in [-0.4, -0.2) is 159 Å². The summed E-state index contributed by atoms with van der Waals surface area (Å²) in [6.07, 6.45) is -5.97. The molecule has 4 saturated heterocycles. The van der Waals surface area contributed by atoms with Crippen LogP contribution in [0.3, 0.4) is 0 Å². The van der Waals surface area contributed by atoms with Gasteiger partial charge in [-0.2, -0.15) is 36.9 Å². The predicted molar refractivity (Wildman–Crippen MR) is 550 cm³/mol. The molecule has 756 valence electrons. The Bertz CT molecular complexity index is 6070. The van der Waals surface area contributed by atoms with Crippen molar-refractivity contribution in [3.8, 4) is 66.8 Å². The molecule has 4 N–H and O–H groups in total. The molecule has 2 aromatic heterocycles. The second-order valence-electron chi connectivity index (χ2n) is 39.5. The molecule has 36 heteroatoms. The lowest BCUT2D eigenvalue weighted by atomic mass is 9.85. The van der Waals surface area contributed by atoms with Crippen LogP contribution in [0.4, 0.5) is 53.9 Å². The van der Waals surface area contributed by atoms with Crippen LogP contribution in [0.5, 0.6) is 11.5 Å². The van der Waals surface area contributed by atoms with Crippen LogP contribution < -0.4 is 50.3 Å². The maximum absolute atomic E-state index is 14.1. The number of hydrogen-bond acceptors (Lipinski definition) is 20. The lowest BCUT2D eigenvalue weighted by Crippen LogP contribution is -2.58. The van der Waals surface area contributed by atoms with E-state index in [2.05, 4.69) is 31.2 Å². The van der Waals surface area contributed by atoms with Gasteiger partial charge in [0.25, 0.3) is 11.8 Å². The molecule has 0 unspecified atom stereocenters. The largest absolute Gasteiger partial charge is 0.494 e. The Morgan fingerprint density at radius 3 is 1.19 bits per heavy atom. The van der Waals surface area contributed by atoms with E-state index in [9.17, 15) is 75.2 Å². The van der Waals surface area contributed by atoms with Gasteiger partial charge in [0.2, 0.25) is 29.5 Å². The number of nitrogens with one attached hydrogen (secondary N) is 4. The molecule has 6 heterocycles. The lowest BCUT2D eigenvalue weighted by Gasteiger charge is -2.35. The Balaban J connectivity index is 0.000000241. The minimum absolute atomic E-state index is 0.00936. The van der Waals surface area contributed by atoms with Gasteiger partial charge in [-0.05, 0) is 263 Å². The van der Waals surface area contributed by atoms with Gasteiger partial charge in [0, 0.05) is 44.2 Å². The molecule has 0 saturated carbocycles. The fraction of sp³-hybridized carbons (Fsp3) is 0.389. The van der Waals surface area contributed by atoms with E-state index < -0.39 is 104 Å². The van der Waals surface area contributed by atoms with Crippen LogP contribution in [0.25, 0.3) is 43.1 Å². The lowest BCUT2D eigenvalue weighted by molar-refractivity contribution is -0.144. The molecule has 26 nitrogen and oxygen atoms in total. The number of anilines is 4. The number of ether oxygens (including phenoxy) is 4. The van der Waals surface area contributed by atoms with E-state index in [0.29, 0.717) is 107 Å². The van der Waals surface area contributed by atoms with Crippen molar-refractivity contribution in [1.29, 1.82) is 10.5 Å². The molecule has 4 fully saturated rings. The van der Waals surface area contributed by atoms with Crippen LogP contribution in [0.2, 0.25) is 0 Å². The maximum atomic E-state index is 14.1. The summed E-state index contributed by atoms with van der Waals surface area (Å²) >= 11 is 14.5. The Hall–Kier alpha value is -13.5. The summed E-state index contributed by atoms with van der Waals surface area (Å²) in [5.74, 6) is -0.993. The van der Waals surface area contributed by atoms with Gasteiger partial charge < -0.3 is 59.8 Å². The number of carbonyl (C=O) groups excluding carboxylic acids is 8. The summed E-state index contributed by atoms with van der Waals surface area (Å²) in [5.41, 5.74) is 6.98. The van der Waals surface area contributed by atoms with E-state index >= 15 is 0 Å². The van der Waals surface area contributed by atoms with Gasteiger partial charge in [0.05, 0.1) is 97.8 Å². The highest BCUT2D eigenvalue weighted by Crippen LogP contribution is 2.45. The number of amides is 8. The molecular formula is C108H116F6N14O12S4. The van der Waals surface area contributed by atoms with Crippen molar-refractivity contribution in [2.45, 2.75) is 203 Å². The van der Waals surface area contributed by atoms with Gasteiger partial charge in [-0.3, -0.25) is 43.4 Å². The summed E-state index contributed by atoms with van der Waals surface area (Å²) in [6, 6.07) is 51.8. The molecular weight excluding hydrogens is 1930 g/mol. The number of rotatable bonds is 33. The maximum Gasteiger partial charge on any atom is 0.417 e. The molecule has 4 aliphatic heterocycles. The van der Waals surface area contributed by atoms with Crippen molar-refractivity contribution in [2.24, 2.45) is 22.7 Å². The Kier molecular flexibility index (Phi) is 34.1. The smallest absolute Gasteiger partial charge is 0.417 e. The van der Waals surface area contributed by atoms with Gasteiger partial charge in [-0.25, -0.2) is 14.8 Å². The highest BCUT2D eigenvalue weighted by atomic mass is 32.1. The Morgan fingerprint density at radius 1 is 0.479 bits per heavy atom. The fourth-order valence-electron chi connectivity index (χ4n) is 17.8. The van der Waals surface area contributed by atoms with Crippen molar-refractivity contribution in [2.75, 3.05) is 65.7 Å². The molecule has 0 radical (unpaired) electrons. The van der Waals surface area contributed by atoms with Crippen molar-refractivity contribution in [1.82, 2.24) is 41.0 Å². The summed E-state index contributed by atoms with van der Waals surface area (Å²) < 4.78 is 106. The summed E-state index contributed by atoms with van der Waals surface area (Å²) in [5, 5.41) is 30.2. The number of thiazole rings is 2. The highest BCUT2D eigenvalue weighted by Gasteiger charge is 2.54. The second kappa shape index (κ2) is 45.6. The summed E-state index contributed by atoms with van der Waals surface area (Å²) in [6.45, 7) is 28.3. The van der Waals surface area contributed by atoms with Gasteiger partial charge in [0.15, 0.2) is 10.2 Å². The van der Waals surface area contributed by atoms with Gasteiger partial charge in [-0.1, -0.05) is 152 Å². The van der Waals surface area contributed by atoms with Crippen LogP contribution in [-0.2, 0) is 68.5 Å². The third-order valence-electron chi connectivity index (χ3n) is 25.7. The van der Waals surface area contributed by atoms with Gasteiger partial charge in [-0.15, -0.1) is 22.7 Å². The van der Waals surface area contributed by atoms with E-state index in [1.54, 1.807) is 106 Å². The minimum atomic E-state index is -4.80. The SMILES string of the molecule is Cc1ncsc1-c1ccc(CNC(=O)[C@@H]2C[C@@H](C)CN2C(=O)[C@@H](NC(=O)COCCCCOc2ccc(-c3ccc(N4C(=S)N(c5ccc(C#N)c(C(F)(F)F)c5)C(=O)C4(C)C)cc3)cc2)C(C)(C)C)cc1.Cc1ncsc1-c1ccc(CNC(=O)[C@@H]2C[C@@H](C)CN2C(=O)[C@@H](NC(=O)OCCCCCOc2ccc(-c3ccc(N4C(=S)N(c5ccc(C#N)c(C(F)(F)F)c5)C(=O)C4(C)C)cc3)cc2)C(C)(C)C)cc1. The van der Waals surface area contributed by atoms with Crippen molar-refractivity contribution >= 4 is 128 Å². The Morgan fingerprint density at radius 2 is 0.826 bits per heavy atom. The number of aromatic nitrogens is 2. The first-order chi connectivity index (χ1) is 68.2. The van der Waals surface area contributed by atoms with Crippen molar-refractivity contribution < 1.29 is 83.6 Å². The highest BCUT2D eigenvalue weighted by molar-refractivity contribution is 7.81. The summed E-state index contributed by atoms with van der Waals surface area (Å²) in [4.78, 5) is 128. The zero-order valence-electron chi connectivity index (χ0n) is 82.5. The number of thiocarbonyl (C=S) groups is 2. The number of alkyl halides is 6. The number of aryl methyl sites for hydroxylation is 2. The second-order valence-corrected chi connectivity index (χ2v) is 41.9. The first-order valence-corrected chi connectivity index (χ1v) is 50.0. The first-order valence-electron chi connectivity index (χ1n) is 47.4. The van der Waals surface area contributed by atoms with E-state index in [-0.39, 0.29) is 70.3 Å². The number of benzene rings is 8. The first kappa shape index (κ1) is 108. The number of unbranched alkanes of at least 4 members (excludes halogenated alkanes) is 3. The third kappa shape index (κ3) is 25.4. The molecule has 14 rings (SSSR count). The molecule has 144 heavy (non-hydrogen) atoms. The minimum Gasteiger partial charge on any atom is -0.494 e. The quantitative estimate of drug-likeness (QED) is 0.0169. The predicted octanol–water partition coefficient (Wildman–Crippen LogP) is 20.7.